The van der Waals surface area contributed by atoms with E-state index in [0.717, 1.165) is 42.0 Å². The van der Waals surface area contributed by atoms with Crippen molar-refractivity contribution < 1.29 is 9.53 Å². The number of piperidine rings is 1. The molecule has 6 heteroatoms. The number of benzene rings is 2. The molecule has 2 aromatic carbocycles. The number of nitrogens with zero attached hydrogens (tertiary/aromatic N) is 4. The Morgan fingerprint density at radius 1 is 1.09 bits per heavy atom. The standard InChI is InChI=1S/C28H28N4O2/c1-21-10-12-25(13-11-21)34-27-9-3-8-26(30-27)24-7-4-15-32(19-24)28(33)23-6-2-5-22(17-23)18-31-16-14-29-20-31/h2-3,5-6,8-14,16-17,20,24H,4,7,15,18-19H2,1H3/t24-/m0/s1. The molecule has 0 radical (unpaired) electrons. The van der Waals surface area contributed by atoms with Crippen LogP contribution in [0.5, 0.6) is 11.6 Å². The molecular weight excluding hydrogens is 424 g/mol. The SMILES string of the molecule is Cc1ccc(Oc2cccc([C@H]3CCCN(C(=O)c4cccc(Cn5ccnc5)c4)C3)n2)cc1. The lowest BCUT2D eigenvalue weighted by Crippen LogP contribution is -2.39. The van der Waals surface area contributed by atoms with Crippen LogP contribution in [0, 0.1) is 6.92 Å². The molecule has 0 unspecified atom stereocenters. The van der Waals surface area contributed by atoms with Crippen molar-refractivity contribution in [2.24, 2.45) is 0 Å². The van der Waals surface area contributed by atoms with Crippen LogP contribution in [0.15, 0.2) is 85.5 Å². The summed E-state index contributed by atoms with van der Waals surface area (Å²) in [4.78, 5) is 24.1. The van der Waals surface area contributed by atoms with Gasteiger partial charge in [-0.3, -0.25) is 4.79 Å². The van der Waals surface area contributed by atoms with Gasteiger partial charge in [-0.2, -0.15) is 0 Å². The van der Waals surface area contributed by atoms with E-state index in [9.17, 15) is 4.79 Å². The van der Waals surface area contributed by atoms with Crippen LogP contribution in [0.3, 0.4) is 0 Å². The molecule has 1 amide bonds. The highest BCUT2D eigenvalue weighted by atomic mass is 16.5. The van der Waals surface area contributed by atoms with Crippen molar-refractivity contribution in [3.05, 3.63) is 108 Å². The predicted molar refractivity (Wildman–Crippen MR) is 131 cm³/mol. The van der Waals surface area contributed by atoms with Crippen LogP contribution in [-0.2, 0) is 6.54 Å². The van der Waals surface area contributed by atoms with Gasteiger partial charge in [0.25, 0.3) is 5.91 Å². The summed E-state index contributed by atoms with van der Waals surface area (Å²) in [5.41, 5.74) is 3.96. The highest BCUT2D eigenvalue weighted by Gasteiger charge is 2.26. The molecule has 5 rings (SSSR count). The number of ether oxygens (including phenoxy) is 1. The largest absolute Gasteiger partial charge is 0.439 e. The minimum absolute atomic E-state index is 0.0734. The first-order chi connectivity index (χ1) is 16.6. The van der Waals surface area contributed by atoms with Crippen LogP contribution in [0.4, 0.5) is 0 Å². The van der Waals surface area contributed by atoms with E-state index in [1.165, 1.54) is 5.56 Å². The number of hydrogen-bond acceptors (Lipinski definition) is 4. The summed E-state index contributed by atoms with van der Waals surface area (Å²) in [6.07, 6.45) is 7.43. The number of carbonyl (C=O) groups is 1. The van der Waals surface area contributed by atoms with Crippen LogP contribution in [0.2, 0.25) is 0 Å². The van der Waals surface area contributed by atoms with Gasteiger partial charge in [-0.05, 0) is 55.7 Å². The third-order valence-corrected chi connectivity index (χ3v) is 6.21. The van der Waals surface area contributed by atoms with Gasteiger partial charge in [0.05, 0.1) is 6.33 Å². The summed E-state index contributed by atoms with van der Waals surface area (Å²) >= 11 is 0. The smallest absolute Gasteiger partial charge is 0.253 e. The van der Waals surface area contributed by atoms with Crippen LogP contribution in [-0.4, -0.2) is 38.4 Å². The molecule has 0 bridgehead atoms. The van der Waals surface area contributed by atoms with E-state index in [4.69, 9.17) is 9.72 Å². The lowest BCUT2D eigenvalue weighted by Gasteiger charge is -2.32. The Kier molecular flexibility index (Phi) is 6.38. The summed E-state index contributed by atoms with van der Waals surface area (Å²) in [6, 6.07) is 21.7. The molecule has 0 spiro atoms. The molecule has 1 aliphatic rings. The number of carbonyl (C=O) groups excluding carboxylic acids is 1. The number of hydrogen-bond donors (Lipinski definition) is 0. The van der Waals surface area contributed by atoms with E-state index >= 15 is 0 Å². The minimum atomic E-state index is 0.0734. The van der Waals surface area contributed by atoms with Crippen molar-refractivity contribution in [3.63, 3.8) is 0 Å². The van der Waals surface area contributed by atoms with E-state index < -0.39 is 0 Å². The topological polar surface area (TPSA) is 60.2 Å². The third-order valence-electron chi connectivity index (χ3n) is 6.21. The van der Waals surface area contributed by atoms with E-state index in [2.05, 4.69) is 11.9 Å². The number of pyridine rings is 1. The Morgan fingerprint density at radius 2 is 1.94 bits per heavy atom. The van der Waals surface area contributed by atoms with Crippen LogP contribution < -0.4 is 4.74 Å². The van der Waals surface area contributed by atoms with Crippen LogP contribution >= 0.6 is 0 Å². The maximum Gasteiger partial charge on any atom is 0.253 e. The highest BCUT2D eigenvalue weighted by Crippen LogP contribution is 2.29. The zero-order valence-corrected chi connectivity index (χ0v) is 19.3. The lowest BCUT2D eigenvalue weighted by molar-refractivity contribution is 0.0705. The number of amides is 1. The Balaban J connectivity index is 1.27. The summed E-state index contributed by atoms with van der Waals surface area (Å²) in [5.74, 6) is 1.61. The van der Waals surface area contributed by atoms with Gasteiger partial charge in [0.2, 0.25) is 5.88 Å². The lowest BCUT2D eigenvalue weighted by atomic mass is 9.93. The molecule has 3 heterocycles. The minimum Gasteiger partial charge on any atom is -0.439 e. The van der Waals surface area contributed by atoms with E-state index in [1.54, 1.807) is 12.5 Å². The first-order valence-corrected chi connectivity index (χ1v) is 11.7. The molecule has 0 aliphatic carbocycles. The fourth-order valence-corrected chi connectivity index (χ4v) is 4.42. The van der Waals surface area contributed by atoms with Gasteiger partial charge < -0.3 is 14.2 Å². The monoisotopic (exact) mass is 452 g/mol. The average molecular weight is 453 g/mol. The molecule has 6 nitrogen and oxygen atoms in total. The number of imidazole rings is 1. The van der Waals surface area contributed by atoms with Crippen molar-refractivity contribution in [3.8, 4) is 11.6 Å². The fraction of sp³-hybridized carbons (Fsp3) is 0.250. The average Bonchev–Trinajstić information content (AvgIpc) is 3.38. The maximum absolute atomic E-state index is 13.3. The second-order valence-corrected chi connectivity index (χ2v) is 8.84. The first kappa shape index (κ1) is 21.9. The number of rotatable bonds is 6. The Bertz CT molecular complexity index is 1250. The Morgan fingerprint density at radius 3 is 2.76 bits per heavy atom. The molecule has 0 saturated carbocycles. The molecule has 2 aromatic heterocycles. The van der Waals surface area contributed by atoms with E-state index in [-0.39, 0.29) is 11.8 Å². The highest BCUT2D eigenvalue weighted by molar-refractivity contribution is 5.94. The summed E-state index contributed by atoms with van der Waals surface area (Å²) in [6.45, 7) is 4.17. The predicted octanol–water partition coefficient (Wildman–Crippen LogP) is 5.45. The van der Waals surface area contributed by atoms with Crippen LogP contribution in [0.1, 0.15) is 45.9 Å². The van der Waals surface area contributed by atoms with Crippen molar-refractivity contribution in [2.45, 2.75) is 32.2 Å². The maximum atomic E-state index is 13.3. The van der Waals surface area contributed by atoms with Crippen LogP contribution in [0.25, 0.3) is 0 Å². The third kappa shape index (κ3) is 5.17. The van der Waals surface area contributed by atoms with Crippen molar-refractivity contribution in [1.82, 2.24) is 19.4 Å². The van der Waals surface area contributed by atoms with E-state index in [1.807, 2.05) is 82.4 Å². The summed E-state index contributed by atoms with van der Waals surface area (Å²) in [7, 11) is 0. The van der Waals surface area contributed by atoms with Gasteiger partial charge in [-0.1, -0.05) is 35.9 Å². The molecule has 1 saturated heterocycles. The number of likely N-dealkylation sites (tertiary alicyclic amines) is 1. The summed E-state index contributed by atoms with van der Waals surface area (Å²) in [5, 5.41) is 0. The van der Waals surface area contributed by atoms with Gasteiger partial charge in [-0.15, -0.1) is 0 Å². The first-order valence-electron chi connectivity index (χ1n) is 11.7. The van der Waals surface area contributed by atoms with Gasteiger partial charge in [0.1, 0.15) is 5.75 Å². The van der Waals surface area contributed by atoms with Gasteiger partial charge in [0.15, 0.2) is 0 Å². The summed E-state index contributed by atoms with van der Waals surface area (Å²) < 4.78 is 7.96. The molecular formula is C28H28N4O2. The zero-order valence-electron chi connectivity index (χ0n) is 19.3. The normalized spacial score (nSPS) is 15.8. The number of aromatic nitrogens is 3. The van der Waals surface area contributed by atoms with Crippen molar-refractivity contribution in [1.29, 1.82) is 0 Å². The van der Waals surface area contributed by atoms with E-state index in [0.29, 0.717) is 19.0 Å². The Hall–Kier alpha value is -3.93. The molecule has 0 N–H and O–H groups in total. The second kappa shape index (κ2) is 9.91. The molecule has 1 fully saturated rings. The molecule has 172 valence electrons. The molecule has 34 heavy (non-hydrogen) atoms. The second-order valence-electron chi connectivity index (χ2n) is 8.84. The van der Waals surface area contributed by atoms with Gasteiger partial charge in [-0.25, -0.2) is 9.97 Å². The fourth-order valence-electron chi connectivity index (χ4n) is 4.42. The molecule has 1 atom stereocenters. The van der Waals surface area contributed by atoms with Crippen molar-refractivity contribution in [2.75, 3.05) is 13.1 Å². The Labute approximate surface area is 199 Å². The zero-order chi connectivity index (χ0) is 23.3. The quantitative estimate of drug-likeness (QED) is 0.390. The van der Waals surface area contributed by atoms with Gasteiger partial charge in [0, 0.05) is 55.3 Å². The molecule has 4 aromatic rings. The molecule has 1 aliphatic heterocycles. The van der Waals surface area contributed by atoms with Crippen molar-refractivity contribution >= 4 is 5.91 Å². The van der Waals surface area contributed by atoms with Gasteiger partial charge >= 0.3 is 0 Å². The number of aryl methyl sites for hydroxylation is 1.